The lowest BCUT2D eigenvalue weighted by Gasteiger charge is -2.25. The van der Waals surface area contributed by atoms with Crippen molar-refractivity contribution in [1.82, 2.24) is 0 Å². The van der Waals surface area contributed by atoms with Crippen LogP contribution in [-0.2, 0) is 0 Å². The Morgan fingerprint density at radius 2 is 2.14 bits per heavy atom. The minimum atomic E-state index is 0.619. The first-order chi connectivity index (χ1) is 6.70. The fraction of sp³-hybridized carbons (Fsp3) is 0.400. The zero-order valence-corrected chi connectivity index (χ0v) is 10.1. The first kappa shape index (κ1) is 10.5. The number of thioether (sulfide) groups is 1. The predicted molar refractivity (Wildman–Crippen MR) is 64.9 cm³/mol. The summed E-state index contributed by atoms with van der Waals surface area (Å²) < 4.78 is 0. The molecule has 0 aliphatic carbocycles. The molecule has 0 fully saturated rings. The monoisotopic (exact) mass is 247 g/mol. The van der Waals surface area contributed by atoms with Gasteiger partial charge in [0.15, 0.2) is 0 Å². The molecule has 0 spiro atoms. The summed E-state index contributed by atoms with van der Waals surface area (Å²) in [5.41, 5.74) is 1.11. The Bertz CT molecular complexity index is 354. The minimum absolute atomic E-state index is 0.619. The van der Waals surface area contributed by atoms with Crippen LogP contribution in [0.4, 0.5) is 5.69 Å². The molecule has 0 aromatic heterocycles. The first-order valence-electron chi connectivity index (χ1n) is 4.60. The van der Waals surface area contributed by atoms with Gasteiger partial charge >= 0.3 is 0 Å². The molecule has 1 aliphatic rings. The van der Waals surface area contributed by atoms with E-state index in [-0.39, 0.29) is 0 Å². The van der Waals surface area contributed by atoms with Crippen molar-refractivity contribution in [1.29, 1.82) is 0 Å². The van der Waals surface area contributed by atoms with E-state index in [0.29, 0.717) is 15.3 Å². The molecule has 1 nitrogen and oxygen atoms in total. The van der Waals surface area contributed by atoms with Crippen LogP contribution in [0.25, 0.3) is 0 Å². The second-order valence-corrected chi connectivity index (χ2v) is 5.45. The zero-order chi connectivity index (χ0) is 10.1. The topological polar surface area (TPSA) is 12.0 Å². The molecule has 1 atom stereocenters. The van der Waals surface area contributed by atoms with Crippen LogP contribution in [0.1, 0.15) is 13.3 Å². The van der Waals surface area contributed by atoms with Crippen LogP contribution in [0.5, 0.6) is 0 Å². The van der Waals surface area contributed by atoms with E-state index in [4.69, 9.17) is 23.2 Å². The van der Waals surface area contributed by atoms with Gasteiger partial charge in [0, 0.05) is 22.4 Å². The highest BCUT2D eigenvalue weighted by Crippen LogP contribution is 2.40. The molecule has 1 aromatic rings. The Morgan fingerprint density at radius 3 is 2.86 bits per heavy atom. The first-order valence-corrected chi connectivity index (χ1v) is 6.24. The third-order valence-corrected chi connectivity index (χ3v) is 4.44. The Labute approximate surface area is 98.2 Å². The van der Waals surface area contributed by atoms with E-state index in [1.807, 2.05) is 23.9 Å². The average molecular weight is 248 g/mol. The molecule has 14 heavy (non-hydrogen) atoms. The van der Waals surface area contributed by atoms with Crippen molar-refractivity contribution < 1.29 is 0 Å². The largest absolute Gasteiger partial charge is 0.383 e. The molecule has 0 radical (unpaired) electrons. The van der Waals surface area contributed by atoms with Crippen LogP contribution >= 0.6 is 35.0 Å². The van der Waals surface area contributed by atoms with E-state index in [0.717, 1.165) is 18.7 Å². The Kier molecular flexibility index (Phi) is 3.15. The molecule has 0 saturated carbocycles. The second-order valence-electron chi connectivity index (χ2n) is 3.29. The fourth-order valence-corrected chi connectivity index (χ4v) is 2.97. The highest BCUT2D eigenvalue weighted by Gasteiger charge is 2.18. The van der Waals surface area contributed by atoms with E-state index >= 15 is 0 Å². The molecular formula is C10H11Cl2NS. The van der Waals surface area contributed by atoms with Gasteiger partial charge in [0.25, 0.3) is 0 Å². The van der Waals surface area contributed by atoms with Gasteiger partial charge in [0.2, 0.25) is 0 Å². The number of fused-ring (bicyclic) bond motifs is 1. The van der Waals surface area contributed by atoms with E-state index in [1.165, 1.54) is 4.90 Å². The summed E-state index contributed by atoms with van der Waals surface area (Å²) in [5, 5.41) is 5.26. The maximum Gasteiger partial charge on any atom is 0.0613 e. The highest BCUT2D eigenvalue weighted by atomic mass is 35.5. The van der Waals surface area contributed by atoms with Gasteiger partial charge in [0.05, 0.1) is 10.0 Å². The Balaban J connectivity index is 2.33. The Hall–Kier alpha value is -0.0500. The average Bonchev–Trinajstić information content (AvgIpc) is 2.19. The van der Waals surface area contributed by atoms with Crippen molar-refractivity contribution in [2.45, 2.75) is 23.5 Å². The summed E-state index contributed by atoms with van der Waals surface area (Å²) in [5.74, 6) is 0. The zero-order valence-electron chi connectivity index (χ0n) is 7.81. The van der Waals surface area contributed by atoms with Crippen LogP contribution in [0.15, 0.2) is 17.0 Å². The number of hydrogen-bond donors (Lipinski definition) is 1. The summed E-state index contributed by atoms with van der Waals surface area (Å²) in [4.78, 5) is 1.21. The molecule has 0 amide bonds. The number of halogens is 2. The van der Waals surface area contributed by atoms with Crippen LogP contribution in [0, 0.1) is 0 Å². The van der Waals surface area contributed by atoms with Crippen molar-refractivity contribution in [2.24, 2.45) is 0 Å². The molecule has 0 saturated heterocycles. The lowest BCUT2D eigenvalue weighted by molar-refractivity contribution is 0.842. The molecule has 4 heteroatoms. The number of nitrogens with one attached hydrogen (secondary N) is 1. The SMILES string of the molecule is CCC1CNc2cc(Cl)c(Cl)cc2S1. The van der Waals surface area contributed by atoms with Crippen molar-refractivity contribution in [3.63, 3.8) is 0 Å². The van der Waals surface area contributed by atoms with E-state index < -0.39 is 0 Å². The van der Waals surface area contributed by atoms with Gasteiger partial charge in [-0.25, -0.2) is 0 Å². The molecule has 1 unspecified atom stereocenters. The number of hydrogen-bond acceptors (Lipinski definition) is 2. The number of rotatable bonds is 1. The van der Waals surface area contributed by atoms with Crippen molar-refractivity contribution in [3.05, 3.63) is 22.2 Å². The summed E-state index contributed by atoms with van der Waals surface area (Å²) in [7, 11) is 0. The van der Waals surface area contributed by atoms with Crippen molar-refractivity contribution >= 4 is 40.7 Å². The van der Waals surface area contributed by atoms with Crippen molar-refractivity contribution in [3.8, 4) is 0 Å². The summed E-state index contributed by atoms with van der Waals surface area (Å²) >= 11 is 13.8. The molecule has 76 valence electrons. The fourth-order valence-electron chi connectivity index (χ4n) is 1.44. The summed E-state index contributed by atoms with van der Waals surface area (Å²) in [6.07, 6.45) is 1.16. The van der Waals surface area contributed by atoms with Crippen LogP contribution in [-0.4, -0.2) is 11.8 Å². The van der Waals surface area contributed by atoms with Crippen LogP contribution in [0.3, 0.4) is 0 Å². The number of anilines is 1. The number of benzene rings is 1. The smallest absolute Gasteiger partial charge is 0.0613 e. The maximum absolute atomic E-state index is 5.96. The molecule has 1 aromatic carbocycles. The third kappa shape index (κ3) is 1.97. The second kappa shape index (κ2) is 4.21. The van der Waals surface area contributed by atoms with Gasteiger partial charge in [0.1, 0.15) is 0 Å². The molecule has 0 bridgehead atoms. The molecule has 1 aliphatic heterocycles. The van der Waals surface area contributed by atoms with Gasteiger partial charge in [-0.15, -0.1) is 11.8 Å². The van der Waals surface area contributed by atoms with E-state index in [1.54, 1.807) is 0 Å². The molecular weight excluding hydrogens is 237 g/mol. The highest BCUT2D eigenvalue weighted by molar-refractivity contribution is 8.00. The molecule has 2 rings (SSSR count). The molecule has 1 N–H and O–H groups in total. The van der Waals surface area contributed by atoms with Gasteiger partial charge < -0.3 is 5.32 Å². The van der Waals surface area contributed by atoms with E-state index in [2.05, 4.69) is 12.2 Å². The summed E-state index contributed by atoms with van der Waals surface area (Å²) in [6, 6.07) is 3.84. The lowest BCUT2D eigenvalue weighted by atomic mass is 10.2. The van der Waals surface area contributed by atoms with E-state index in [9.17, 15) is 0 Å². The third-order valence-electron chi connectivity index (χ3n) is 2.29. The minimum Gasteiger partial charge on any atom is -0.383 e. The van der Waals surface area contributed by atoms with Gasteiger partial charge in [-0.1, -0.05) is 30.1 Å². The summed E-state index contributed by atoms with van der Waals surface area (Å²) in [6.45, 7) is 3.20. The Morgan fingerprint density at radius 1 is 1.43 bits per heavy atom. The standard InChI is InChI=1S/C10H11Cl2NS/c1-2-6-5-13-9-3-7(11)8(12)4-10(9)14-6/h3-4,6,13H,2,5H2,1H3. The van der Waals surface area contributed by atoms with Crippen LogP contribution in [0.2, 0.25) is 10.0 Å². The predicted octanol–water partition coefficient (Wildman–Crippen LogP) is 4.29. The quantitative estimate of drug-likeness (QED) is 0.795. The van der Waals surface area contributed by atoms with Gasteiger partial charge in [-0.2, -0.15) is 0 Å². The normalized spacial score (nSPS) is 20.1. The van der Waals surface area contributed by atoms with Gasteiger partial charge in [-0.05, 0) is 18.6 Å². The molecule has 1 heterocycles. The lowest BCUT2D eigenvalue weighted by Crippen LogP contribution is -2.20. The van der Waals surface area contributed by atoms with Gasteiger partial charge in [-0.3, -0.25) is 0 Å². The van der Waals surface area contributed by atoms with Crippen LogP contribution < -0.4 is 5.32 Å². The van der Waals surface area contributed by atoms with Crippen molar-refractivity contribution in [2.75, 3.05) is 11.9 Å². The maximum atomic E-state index is 5.96.